The maximum absolute atomic E-state index is 11.0. The van der Waals surface area contributed by atoms with Crippen molar-refractivity contribution < 1.29 is 29.0 Å². The van der Waals surface area contributed by atoms with Crippen molar-refractivity contribution in [3.05, 3.63) is 68.2 Å². The molecule has 1 aliphatic heterocycles. The summed E-state index contributed by atoms with van der Waals surface area (Å²) in [5.74, 6) is -0.265. The lowest BCUT2D eigenvalue weighted by Crippen LogP contribution is -2.14. The Bertz CT molecular complexity index is 926. The number of carbonyl (C=O) groups is 1. The van der Waals surface area contributed by atoms with Gasteiger partial charge in [-0.2, -0.15) is 0 Å². The molecule has 9 heteroatoms. The SMILES string of the molecule is O=C(O)/C=C/c1cc([N+](=O)[O-])ccc1OCc1cc(Cl)cc2c1OCOC2. The number of non-ortho nitro benzene ring substituents is 1. The molecule has 1 aliphatic rings. The number of halogens is 1. The summed E-state index contributed by atoms with van der Waals surface area (Å²) in [6.45, 7) is 0.563. The van der Waals surface area contributed by atoms with Gasteiger partial charge in [0.1, 0.15) is 18.1 Å². The Labute approximate surface area is 158 Å². The van der Waals surface area contributed by atoms with E-state index in [4.69, 9.17) is 30.9 Å². The first-order valence-electron chi connectivity index (χ1n) is 7.78. The summed E-state index contributed by atoms with van der Waals surface area (Å²) in [5.41, 5.74) is 1.58. The molecule has 0 bridgehead atoms. The Morgan fingerprint density at radius 2 is 2.19 bits per heavy atom. The number of rotatable bonds is 6. The van der Waals surface area contributed by atoms with Crippen LogP contribution in [0.2, 0.25) is 5.02 Å². The minimum absolute atomic E-state index is 0.0780. The summed E-state index contributed by atoms with van der Waals surface area (Å²) < 4.78 is 16.5. The van der Waals surface area contributed by atoms with Crippen LogP contribution in [0.3, 0.4) is 0 Å². The first-order chi connectivity index (χ1) is 12.9. The molecule has 3 rings (SSSR count). The maximum Gasteiger partial charge on any atom is 0.328 e. The number of aliphatic carboxylic acids is 1. The third-order valence-corrected chi connectivity index (χ3v) is 3.96. The van der Waals surface area contributed by atoms with E-state index in [1.165, 1.54) is 24.3 Å². The number of hydrogen-bond donors (Lipinski definition) is 1. The van der Waals surface area contributed by atoms with E-state index in [1.54, 1.807) is 12.1 Å². The lowest BCUT2D eigenvalue weighted by atomic mass is 10.1. The standard InChI is InChI=1S/C18H14ClNO7/c19-14-5-12-8-25-10-27-18(12)13(6-14)9-26-16-3-2-15(20(23)24)7-11(16)1-4-17(21)22/h1-7H,8-10H2,(H,21,22)/b4-1+. The lowest BCUT2D eigenvalue weighted by Gasteiger charge is -2.21. The normalized spacial score (nSPS) is 13.1. The second-order valence-corrected chi connectivity index (χ2v) is 6.04. The van der Waals surface area contributed by atoms with Gasteiger partial charge in [0.25, 0.3) is 5.69 Å². The number of nitro benzene ring substituents is 1. The summed E-state index contributed by atoms with van der Waals surface area (Å²) in [7, 11) is 0. The van der Waals surface area contributed by atoms with Crippen molar-refractivity contribution in [2.24, 2.45) is 0 Å². The molecular formula is C18H14ClNO7. The molecule has 2 aromatic rings. The molecule has 0 atom stereocenters. The molecule has 0 radical (unpaired) electrons. The number of nitro groups is 1. The minimum atomic E-state index is -1.18. The molecule has 27 heavy (non-hydrogen) atoms. The van der Waals surface area contributed by atoms with Gasteiger partial charge < -0.3 is 19.3 Å². The molecule has 0 spiro atoms. The summed E-state index contributed by atoms with van der Waals surface area (Å²) in [6.07, 6.45) is 2.12. The first-order valence-corrected chi connectivity index (χ1v) is 8.16. The molecule has 8 nitrogen and oxygen atoms in total. The lowest BCUT2D eigenvalue weighted by molar-refractivity contribution is -0.384. The third-order valence-electron chi connectivity index (χ3n) is 3.74. The molecular weight excluding hydrogens is 378 g/mol. The monoisotopic (exact) mass is 391 g/mol. The highest BCUT2D eigenvalue weighted by Gasteiger charge is 2.18. The number of carboxylic acid groups (broad SMARTS) is 1. The van der Waals surface area contributed by atoms with Crippen molar-refractivity contribution in [3.63, 3.8) is 0 Å². The van der Waals surface area contributed by atoms with Crippen LogP contribution in [0.25, 0.3) is 6.08 Å². The van der Waals surface area contributed by atoms with Crippen molar-refractivity contribution >= 4 is 29.3 Å². The van der Waals surface area contributed by atoms with Crippen molar-refractivity contribution in [1.29, 1.82) is 0 Å². The summed E-state index contributed by atoms with van der Waals surface area (Å²) in [6, 6.07) is 7.38. The smallest absolute Gasteiger partial charge is 0.328 e. The molecule has 1 N–H and O–H groups in total. The predicted octanol–water partition coefficient (Wildman–Crippen LogP) is 3.79. The van der Waals surface area contributed by atoms with Crippen LogP contribution in [0, 0.1) is 10.1 Å². The van der Waals surface area contributed by atoms with Crippen LogP contribution in [0.4, 0.5) is 5.69 Å². The van der Waals surface area contributed by atoms with Crippen molar-refractivity contribution in [2.45, 2.75) is 13.2 Å². The summed E-state index contributed by atoms with van der Waals surface area (Å²) in [4.78, 5) is 21.2. The average molecular weight is 392 g/mol. The topological polar surface area (TPSA) is 108 Å². The van der Waals surface area contributed by atoms with Crippen LogP contribution >= 0.6 is 11.6 Å². The molecule has 0 fully saturated rings. The van der Waals surface area contributed by atoms with Crippen LogP contribution in [0.5, 0.6) is 11.5 Å². The highest BCUT2D eigenvalue weighted by Crippen LogP contribution is 2.33. The van der Waals surface area contributed by atoms with Gasteiger partial charge in [0, 0.05) is 39.9 Å². The van der Waals surface area contributed by atoms with Crippen LogP contribution in [0.15, 0.2) is 36.4 Å². The molecule has 0 unspecified atom stereocenters. The Morgan fingerprint density at radius 3 is 2.93 bits per heavy atom. The van der Waals surface area contributed by atoms with Crippen molar-refractivity contribution in [2.75, 3.05) is 6.79 Å². The molecule has 0 amide bonds. The van der Waals surface area contributed by atoms with Gasteiger partial charge in [0.05, 0.1) is 11.5 Å². The zero-order valence-electron chi connectivity index (χ0n) is 13.9. The van der Waals surface area contributed by atoms with E-state index in [0.29, 0.717) is 28.7 Å². The van der Waals surface area contributed by atoms with E-state index in [-0.39, 0.29) is 24.7 Å². The van der Waals surface area contributed by atoms with E-state index < -0.39 is 10.9 Å². The summed E-state index contributed by atoms with van der Waals surface area (Å²) >= 11 is 6.12. The Morgan fingerprint density at radius 1 is 1.37 bits per heavy atom. The average Bonchev–Trinajstić information content (AvgIpc) is 2.64. The highest BCUT2D eigenvalue weighted by molar-refractivity contribution is 6.30. The molecule has 140 valence electrons. The zero-order chi connectivity index (χ0) is 19.4. The fourth-order valence-electron chi connectivity index (χ4n) is 2.59. The zero-order valence-corrected chi connectivity index (χ0v) is 14.6. The van der Waals surface area contributed by atoms with Gasteiger partial charge in [0.2, 0.25) is 0 Å². The number of ether oxygens (including phenoxy) is 3. The van der Waals surface area contributed by atoms with E-state index in [9.17, 15) is 14.9 Å². The van der Waals surface area contributed by atoms with Gasteiger partial charge in [0.15, 0.2) is 6.79 Å². The van der Waals surface area contributed by atoms with Crippen LogP contribution in [-0.4, -0.2) is 22.8 Å². The second kappa shape index (κ2) is 8.07. The number of carboxylic acids is 1. The van der Waals surface area contributed by atoms with Gasteiger partial charge in [-0.25, -0.2) is 4.79 Å². The van der Waals surface area contributed by atoms with Crippen LogP contribution < -0.4 is 9.47 Å². The quantitative estimate of drug-likeness (QED) is 0.453. The maximum atomic E-state index is 11.0. The largest absolute Gasteiger partial charge is 0.488 e. The van der Waals surface area contributed by atoms with Gasteiger partial charge >= 0.3 is 5.97 Å². The number of fused-ring (bicyclic) bond motifs is 1. The minimum Gasteiger partial charge on any atom is -0.488 e. The highest BCUT2D eigenvalue weighted by atomic mass is 35.5. The molecule has 0 saturated carbocycles. The molecule has 0 aromatic heterocycles. The third kappa shape index (κ3) is 4.55. The van der Waals surface area contributed by atoms with E-state index in [0.717, 1.165) is 11.6 Å². The van der Waals surface area contributed by atoms with Gasteiger partial charge in [-0.1, -0.05) is 11.6 Å². The summed E-state index contributed by atoms with van der Waals surface area (Å²) in [5, 5.41) is 20.3. The Hall–Kier alpha value is -3.10. The number of benzene rings is 2. The molecule has 1 heterocycles. The van der Waals surface area contributed by atoms with Gasteiger partial charge in [-0.3, -0.25) is 10.1 Å². The van der Waals surface area contributed by atoms with Crippen LogP contribution in [-0.2, 0) is 22.7 Å². The Kier molecular flexibility index (Phi) is 5.58. The number of nitrogens with zero attached hydrogens (tertiary/aromatic N) is 1. The van der Waals surface area contributed by atoms with E-state index in [1.807, 2.05) is 0 Å². The Balaban J connectivity index is 1.89. The first kappa shape index (κ1) is 18.7. The van der Waals surface area contributed by atoms with Crippen molar-refractivity contribution in [1.82, 2.24) is 0 Å². The molecule has 2 aromatic carbocycles. The fraction of sp³-hybridized carbons (Fsp3) is 0.167. The van der Waals surface area contributed by atoms with Gasteiger partial charge in [-0.15, -0.1) is 0 Å². The number of hydrogen-bond acceptors (Lipinski definition) is 6. The molecule has 0 saturated heterocycles. The van der Waals surface area contributed by atoms with E-state index in [2.05, 4.69) is 0 Å². The van der Waals surface area contributed by atoms with Crippen molar-refractivity contribution in [3.8, 4) is 11.5 Å². The second-order valence-electron chi connectivity index (χ2n) is 5.60. The fourth-order valence-corrected chi connectivity index (χ4v) is 2.86. The predicted molar refractivity (Wildman–Crippen MR) is 95.8 cm³/mol. The van der Waals surface area contributed by atoms with Crippen LogP contribution in [0.1, 0.15) is 16.7 Å². The van der Waals surface area contributed by atoms with Gasteiger partial charge in [-0.05, 0) is 24.3 Å². The van der Waals surface area contributed by atoms with E-state index >= 15 is 0 Å². The molecule has 0 aliphatic carbocycles.